The summed E-state index contributed by atoms with van der Waals surface area (Å²) in [7, 11) is -4.03. The average molecular weight is 519 g/mol. The van der Waals surface area contributed by atoms with Crippen molar-refractivity contribution >= 4 is 61.3 Å². The van der Waals surface area contributed by atoms with Crippen molar-refractivity contribution in [1.29, 1.82) is 0 Å². The quantitative estimate of drug-likeness (QED) is 0.356. The lowest BCUT2D eigenvalue weighted by Gasteiger charge is -2.24. The number of rotatable bonds is 7. The van der Waals surface area contributed by atoms with Gasteiger partial charge in [0.05, 0.1) is 10.6 Å². The van der Waals surface area contributed by atoms with Crippen LogP contribution in [-0.4, -0.2) is 31.1 Å². The van der Waals surface area contributed by atoms with E-state index in [-0.39, 0.29) is 15.7 Å². The Kier molecular flexibility index (Phi) is 6.94. The first kappa shape index (κ1) is 23.2. The molecule has 7 nitrogen and oxygen atoms in total. The van der Waals surface area contributed by atoms with Gasteiger partial charge in [-0.25, -0.2) is 8.42 Å². The van der Waals surface area contributed by atoms with Gasteiger partial charge in [-0.15, -0.1) is 10.2 Å². The predicted octanol–water partition coefficient (Wildman–Crippen LogP) is 5.35. The van der Waals surface area contributed by atoms with Gasteiger partial charge in [-0.1, -0.05) is 70.9 Å². The minimum atomic E-state index is -4.03. The fourth-order valence-electron chi connectivity index (χ4n) is 2.94. The summed E-state index contributed by atoms with van der Waals surface area (Å²) in [6.45, 7) is -0.479. The second kappa shape index (κ2) is 9.88. The number of anilines is 2. The summed E-state index contributed by atoms with van der Waals surface area (Å²) in [6.07, 6.45) is 0. The molecule has 11 heteroatoms. The van der Waals surface area contributed by atoms with Crippen LogP contribution in [0, 0.1) is 0 Å². The van der Waals surface area contributed by atoms with E-state index < -0.39 is 22.5 Å². The van der Waals surface area contributed by atoms with Gasteiger partial charge in [-0.05, 0) is 42.5 Å². The Labute approximate surface area is 204 Å². The van der Waals surface area contributed by atoms with Gasteiger partial charge in [0.2, 0.25) is 11.0 Å². The maximum absolute atomic E-state index is 13.3. The van der Waals surface area contributed by atoms with Crippen molar-refractivity contribution in [2.45, 2.75) is 4.90 Å². The Bertz CT molecular complexity index is 1380. The Hall–Kier alpha value is -2.98. The molecule has 1 N–H and O–H groups in total. The lowest BCUT2D eigenvalue weighted by Crippen LogP contribution is -2.38. The van der Waals surface area contributed by atoms with Crippen LogP contribution in [0.4, 0.5) is 10.8 Å². The number of carbonyl (C=O) groups is 1. The van der Waals surface area contributed by atoms with Crippen LogP contribution in [0.1, 0.15) is 0 Å². The third-order valence-corrected chi connectivity index (χ3v) is 7.64. The molecule has 4 rings (SSSR count). The van der Waals surface area contributed by atoms with E-state index in [4.69, 9.17) is 23.2 Å². The van der Waals surface area contributed by atoms with Crippen LogP contribution in [0.5, 0.6) is 0 Å². The first-order valence-corrected chi connectivity index (χ1v) is 12.6. The zero-order valence-electron chi connectivity index (χ0n) is 16.9. The number of benzene rings is 3. The summed E-state index contributed by atoms with van der Waals surface area (Å²) in [5.41, 5.74) is 1.06. The van der Waals surface area contributed by atoms with Crippen LogP contribution in [0.15, 0.2) is 83.8 Å². The Morgan fingerprint density at radius 2 is 1.64 bits per heavy atom. The second-order valence-electron chi connectivity index (χ2n) is 6.77. The molecule has 0 fully saturated rings. The maximum Gasteiger partial charge on any atom is 0.264 e. The molecule has 0 aliphatic rings. The highest BCUT2D eigenvalue weighted by Gasteiger charge is 2.27. The summed E-state index contributed by atoms with van der Waals surface area (Å²) >= 11 is 13.1. The maximum atomic E-state index is 13.3. The van der Waals surface area contributed by atoms with Gasteiger partial charge >= 0.3 is 0 Å². The SMILES string of the molecule is O=C(CN(c1cccc(Cl)c1)S(=O)(=O)c1ccccc1)Nc1nnc(-c2ccc(Cl)cc2)s1. The van der Waals surface area contributed by atoms with E-state index in [1.807, 2.05) is 0 Å². The second-order valence-corrected chi connectivity index (χ2v) is 10.5. The monoisotopic (exact) mass is 518 g/mol. The molecule has 1 amide bonds. The summed E-state index contributed by atoms with van der Waals surface area (Å²) in [6, 6.07) is 21.2. The van der Waals surface area contributed by atoms with Gasteiger partial charge in [0.15, 0.2) is 0 Å². The molecule has 4 aromatic rings. The number of halogens is 2. The molecule has 0 atom stereocenters. The molecule has 0 spiro atoms. The molecule has 0 aliphatic carbocycles. The first-order chi connectivity index (χ1) is 15.8. The number of hydrogen-bond donors (Lipinski definition) is 1. The van der Waals surface area contributed by atoms with Crippen LogP contribution in [0.3, 0.4) is 0 Å². The van der Waals surface area contributed by atoms with Crippen LogP contribution in [0.2, 0.25) is 10.0 Å². The van der Waals surface area contributed by atoms with Crippen LogP contribution in [0.25, 0.3) is 10.6 Å². The Morgan fingerprint density at radius 1 is 0.909 bits per heavy atom. The number of amides is 1. The van der Waals surface area contributed by atoms with E-state index in [2.05, 4.69) is 15.5 Å². The highest BCUT2D eigenvalue weighted by atomic mass is 35.5. The van der Waals surface area contributed by atoms with Gasteiger partial charge < -0.3 is 0 Å². The van der Waals surface area contributed by atoms with Gasteiger partial charge in [0, 0.05) is 15.6 Å². The number of carbonyl (C=O) groups excluding carboxylic acids is 1. The van der Waals surface area contributed by atoms with Crippen LogP contribution < -0.4 is 9.62 Å². The van der Waals surface area contributed by atoms with Gasteiger partial charge in [-0.2, -0.15) is 0 Å². The number of nitrogens with zero attached hydrogens (tertiary/aromatic N) is 3. The molecule has 1 heterocycles. The van der Waals surface area contributed by atoms with Crippen molar-refractivity contribution in [2.75, 3.05) is 16.2 Å². The molecule has 0 aliphatic heterocycles. The molecule has 33 heavy (non-hydrogen) atoms. The van der Waals surface area contributed by atoms with Crippen LogP contribution in [-0.2, 0) is 14.8 Å². The van der Waals surface area contributed by atoms with Crippen LogP contribution >= 0.6 is 34.5 Å². The third kappa shape index (κ3) is 5.51. The normalized spacial score (nSPS) is 11.2. The molecule has 0 saturated carbocycles. The minimum Gasteiger partial charge on any atom is -0.299 e. The van der Waals surface area contributed by atoms with E-state index >= 15 is 0 Å². The number of aromatic nitrogens is 2. The molecular weight excluding hydrogens is 503 g/mol. The lowest BCUT2D eigenvalue weighted by atomic mass is 10.2. The van der Waals surface area contributed by atoms with E-state index in [9.17, 15) is 13.2 Å². The van der Waals surface area contributed by atoms with Gasteiger partial charge in [-0.3, -0.25) is 14.4 Å². The molecular formula is C22H16Cl2N4O3S2. The fourth-order valence-corrected chi connectivity index (χ4v) is 5.45. The van der Waals surface area contributed by atoms with E-state index in [1.54, 1.807) is 60.7 Å². The highest BCUT2D eigenvalue weighted by molar-refractivity contribution is 7.92. The van der Waals surface area contributed by atoms with Crippen molar-refractivity contribution in [3.63, 3.8) is 0 Å². The molecule has 1 aromatic heterocycles. The van der Waals surface area contributed by atoms with E-state index in [0.29, 0.717) is 15.1 Å². The summed E-state index contributed by atoms with van der Waals surface area (Å²) in [4.78, 5) is 12.9. The first-order valence-electron chi connectivity index (χ1n) is 9.55. The minimum absolute atomic E-state index is 0.0544. The Morgan fingerprint density at radius 3 is 2.33 bits per heavy atom. The van der Waals surface area contributed by atoms with Crippen molar-refractivity contribution in [2.24, 2.45) is 0 Å². The topological polar surface area (TPSA) is 92.3 Å². The molecule has 0 unspecified atom stereocenters. The molecule has 168 valence electrons. The fraction of sp³-hybridized carbons (Fsp3) is 0.0455. The van der Waals surface area contributed by atoms with Crippen molar-refractivity contribution in [3.05, 3.63) is 88.9 Å². The molecule has 0 bridgehead atoms. The lowest BCUT2D eigenvalue weighted by molar-refractivity contribution is -0.114. The number of sulfonamides is 1. The number of nitrogens with one attached hydrogen (secondary N) is 1. The molecule has 0 radical (unpaired) electrons. The van der Waals surface area contributed by atoms with E-state index in [0.717, 1.165) is 21.2 Å². The standard InChI is InChI=1S/C22H16Cl2N4O3S2/c23-16-11-9-15(10-12-16)21-26-27-22(32-21)25-20(29)14-28(18-6-4-5-17(24)13-18)33(30,31)19-7-2-1-3-8-19/h1-13H,14H2,(H,25,27,29). The van der Waals surface area contributed by atoms with Gasteiger partial charge in [0.1, 0.15) is 11.6 Å². The summed E-state index contributed by atoms with van der Waals surface area (Å²) in [5.74, 6) is -0.576. The summed E-state index contributed by atoms with van der Waals surface area (Å²) in [5, 5.41) is 12.5. The predicted molar refractivity (Wildman–Crippen MR) is 131 cm³/mol. The Balaban J connectivity index is 1.58. The number of hydrogen-bond acceptors (Lipinski definition) is 6. The van der Waals surface area contributed by atoms with Crippen molar-refractivity contribution in [3.8, 4) is 10.6 Å². The zero-order chi connectivity index (χ0) is 23.4. The molecule has 3 aromatic carbocycles. The summed E-state index contributed by atoms with van der Waals surface area (Å²) < 4.78 is 27.6. The smallest absolute Gasteiger partial charge is 0.264 e. The third-order valence-electron chi connectivity index (χ3n) is 4.48. The van der Waals surface area contributed by atoms with E-state index in [1.165, 1.54) is 18.2 Å². The van der Waals surface area contributed by atoms with Gasteiger partial charge in [0.25, 0.3) is 10.0 Å². The largest absolute Gasteiger partial charge is 0.299 e. The zero-order valence-corrected chi connectivity index (χ0v) is 20.0. The highest BCUT2D eigenvalue weighted by Crippen LogP contribution is 2.29. The average Bonchev–Trinajstić information content (AvgIpc) is 3.26. The van der Waals surface area contributed by atoms with Crippen molar-refractivity contribution in [1.82, 2.24) is 10.2 Å². The molecule has 0 saturated heterocycles. The van der Waals surface area contributed by atoms with Crippen molar-refractivity contribution < 1.29 is 13.2 Å².